The second kappa shape index (κ2) is 9.38. The average Bonchev–Trinajstić information content (AvgIpc) is 1.41. The van der Waals surface area contributed by atoms with Crippen molar-refractivity contribution in [1.82, 2.24) is 0 Å². The monoisotopic (exact) mass is 94.1 g/mol. The van der Waals surface area contributed by atoms with Gasteiger partial charge in [-0.3, -0.25) is 0 Å². The fourth-order valence-corrected chi connectivity index (χ4v) is 0.289. The molecule has 0 bridgehead atoms. The summed E-state index contributed by atoms with van der Waals surface area (Å²) < 4.78 is 0. The second-order valence-electron chi connectivity index (χ2n) is 1.11. The van der Waals surface area contributed by atoms with E-state index in [1.54, 1.807) is 0 Å². The Morgan fingerprint density at radius 2 is 1.50 bits per heavy atom. The summed E-state index contributed by atoms with van der Waals surface area (Å²) in [6.07, 6.45) is 4.69. The topological polar surface area (TPSA) is 0 Å². The molecule has 0 aliphatic heterocycles. The minimum absolute atomic E-state index is 0. The van der Waals surface area contributed by atoms with E-state index < -0.39 is 0 Å². The van der Waals surface area contributed by atoms with Gasteiger partial charge in [-0.2, -0.15) is 12.8 Å². The van der Waals surface area contributed by atoms with Gasteiger partial charge in [0, 0.05) is 0 Å². The molecule has 0 spiro atoms. The molecule has 0 radical (unpaired) electrons. The van der Waals surface area contributed by atoms with Crippen LogP contribution >= 0.6 is 0 Å². The van der Waals surface area contributed by atoms with Gasteiger partial charge in [0.1, 0.15) is 0 Å². The summed E-state index contributed by atoms with van der Waals surface area (Å²) in [4.78, 5) is 0. The van der Waals surface area contributed by atoms with Crippen LogP contribution in [0, 0.1) is 6.42 Å². The van der Waals surface area contributed by atoms with Crippen molar-refractivity contribution in [1.29, 1.82) is 0 Å². The predicted octanol–water partition coefficient (Wildman–Crippen LogP) is -0.985. The maximum absolute atomic E-state index is 2.25. The van der Waals surface area contributed by atoms with Gasteiger partial charge in [-0.05, 0) is 0 Å². The Kier molecular flexibility index (Phi) is 15.8. The molecule has 0 saturated carbocycles. The van der Waals surface area contributed by atoms with Crippen molar-refractivity contribution in [3.05, 3.63) is 6.42 Å². The van der Waals surface area contributed by atoms with Crippen LogP contribution in [-0.2, 0) is 0 Å². The second-order valence-corrected chi connectivity index (χ2v) is 1.11. The predicted molar refractivity (Wildman–Crippen MR) is 24.9 cm³/mol. The standard InChI is InChI=1S/C5H11.Na/c1-3-5-4-2;/h5H,3-4H2,1-2H3;/q-1;+1. The Balaban J connectivity index is 0. The SMILES string of the molecule is CC[CH-]CC.[Na+]. The zero-order chi connectivity index (χ0) is 4.12. The van der Waals surface area contributed by atoms with Crippen molar-refractivity contribution in [3.8, 4) is 0 Å². The Bertz CT molecular complexity index is 11.4. The average molecular weight is 94.1 g/mol. The first kappa shape index (κ1) is 10.1. The Morgan fingerprint density at radius 3 is 1.50 bits per heavy atom. The van der Waals surface area contributed by atoms with Crippen LogP contribution in [0.1, 0.15) is 26.7 Å². The molecule has 0 unspecified atom stereocenters. The van der Waals surface area contributed by atoms with Crippen molar-refractivity contribution in [2.75, 3.05) is 0 Å². The molecule has 0 aliphatic rings. The minimum Gasteiger partial charge on any atom is -0.329 e. The molecule has 0 N–H and O–H groups in total. The third kappa shape index (κ3) is 8.89. The van der Waals surface area contributed by atoms with Crippen molar-refractivity contribution in [2.24, 2.45) is 0 Å². The summed E-state index contributed by atoms with van der Waals surface area (Å²) in [5, 5.41) is 0. The third-order valence-corrected chi connectivity index (χ3v) is 0.577. The summed E-state index contributed by atoms with van der Waals surface area (Å²) in [6, 6.07) is 0. The molecule has 0 rings (SSSR count). The molecular formula is C5H11Na. The molecule has 6 heavy (non-hydrogen) atoms. The fourth-order valence-electron chi connectivity index (χ4n) is 0.289. The largest absolute Gasteiger partial charge is 1.00 e. The summed E-state index contributed by atoms with van der Waals surface area (Å²) in [5.74, 6) is 0. The van der Waals surface area contributed by atoms with E-state index in [2.05, 4.69) is 20.3 Å². The number of rotatable bonds is 2. The van der Waals surface area contributed by atoms with Crippen LogP contribution in [0.25, 0.3) is 0 Å². The number of hydrogen-bond donors (Lipinski definition) is 0. The van der Waals surface area contributed by atoms with E-state index in [0.717, 1.165) is 0 Å². The molecule has 0 aromatic carbocycles. The molecule has 1 heteroatoms. The van der Waals surface area contributed by atoms with Gasteiger partial charge in [-0.1, -0.05) is 13.8 Å². The molecule has 0 saturated heterocycles. The van der Waals surface area contributed by atoms with Crippen LogP contribution in [-0.4, -0.2) is 0 Å². The summed E-state index contributed by atoms with van der Waals surface area (Å²) in [6.45, 7) is 4.31. The summed E-state index contributed by atoms with van der Waals surface area (Å²) in [7, 11) is 0. The van der Waals surface area contributed by atoms with Crippen LogP contribution in [0.2, 0.25) is 0 Å². The summed E-state index contributed by atoms with van der Waals surface area (Å²) in [5.41, 5.74) is 0. The van der Waals surface area contributed by atoms with Gasteiger partial charge >= 0.3 is 29.6 Å². The van der Waals surface area contributed by atoms with Crippen molar-refractivity contribution in [3.63, 3.8) is 0 Å². The molecule has 0 aromatic heterocycles. The van der Waals surface area contributed by atoms with E-state index in [1.807, 2.05) is 0 Å². The number of hydrogen-bond acceptors (Lipinski definition) is 0. The molecule has 0 heterocycles. The first-order valence-electron chi connectivity index (χ1n) is 2.23. The van der Waals surface area contributed by atoms with Gasteiger partial charge in [-0.15, -0.1) is 0 Å². The number of unbranched alkanes of at least 4 members (excludes halogenated alkanes) is 2. The Hall–Kier alpha value is 1.00. The van der Waals surface area contributed by atoms with Crippen molar-refractivity contribution < 1.29 is 29.6 Å². The van der Waals surface area contributed by atoms with E-state index in [4.69, 9.17) is 0 Å². The maximum Gasteiger partial charge on any atom is 1.00 e. The van der Waals surface area contributed by atoms with Crippen LogP contribution in [0.15, 0.2) is 0 Å². The summed E-state index contributed by atoms with van der Waals surface area (Å²) >= 11 is 0. The fraction of sp³-hybridized carbons (Fsp3) is 0.800. The van der Waals surface area contributed by atoms with Gasteiger partial charge < -0.3 is 6.42 Å². The minimum atomic E-state index is 0. The van der Waals surface area contributed by atoms with Crippen molar-refractivity contribution in [2.45, 2.75) is 26.7 Å². The van der Waals surface area contributed by atoms with E-state index in [0.29, 0.717) is 0 Å². The molecular weight excluding hydrogens is 83.0 g/mol. The van der Waals surface area contributed by atoms with Gasteiger partial charge in [0.25, 0.3) is 0 Å². The van der Waals surface area contributed by atoms with Gasteiger partial charge in [0.2, 0.25) is 0 Å². The first-order chi connectivity index (χ1) is 2.41. The Labute approximate surface area is 62.6 Å². The molecule has 0 atom stereocenters. The maximum atomic E-state index is 2.25. The van der Waals surface area contributed by atoms with Crippen LogP contribution < -0.4 is 29.6 Å². The van der Waals surface area contributed by atoms with Crippen LogP contribution in [0.4, 0.5) is 0 Å². The van der Waals surface area contributed by atoms with E-state index in [-0.39, 0.29) is 29.6 Å². The quantitative estimate of drug-likeness (QED) is 0.304. The van der Waals surface area contributed by atoms with E-state index in [1.165, 1.54) is 12.8 Å². The van der Waals surface area contributed by atoms with Crippen LogP contribution in [0.5, 0.6) is 0 Å². The van der Waals surface area contributed by atoms with E-state index >= 15 is 0 Å². The van der Waals surface area contributed by atoms with Gasteiger partial charge in [0.15, 0.2) is 0 Å². The molecule has 0 fully saturated rings. The van der Waals surface area contributed by atoms with Crippen LogP contribution in [0.3, 0.4) is 0 Å². The van der Waals surface area contributed by atoms with E-state index in [9.17, 15) is 0 Å². The first-order valence-corrected chi connectivity index (χ1v) is 2.23. The smallest absolute Gasteiger partial charge is 0.329 e. The molecule has 0 nitrogen and oxygen atoms in total. The van der Waals surface area contributed by atoms with Crippen molar-refractivity contribution >= 4 is 0 Å². The molecule has 0 amide bonds. The molecule has 0 aliphatic carbocycles. The van der Waals surface area contributed by atoms with Gasteiger partial charge in [0.05, 0.1) is 0 Å². The third-order valence-electron chi connectivity index (χ3n) is 0.577. The Morgan fingerprint density at radius 1 is 1.17 bits per heavy atom. The normalized spacial score (nSPS) is 7.00. The van der Waals surface area contributed by atoms with Gasteiger partial charge in [-0.25, -0.2) is 0 Å². The molecule has 32 valence electrons. The molecule has 0 aromatic rings. The zero-order valence-corrected chi connectivity index (χ0v) is 6.99. The zero-order valence-electron chi connectivity index (χ0n) is 4.99.